The molecule has 0 unspecified atom stereocenters. The fraction of sp³-hybridized carbons (Fsp3) is 0.680. The normalized spacial score (nSPS) is 24.4. The summed E-state index contributed by atoms with van der Waals surface area (Å²) < 4.78 is 42.4. The van der Waals surface area contributed by atoms with Gasteiger partial charge < -0.3 is 4.90 Å². The molecule has 2 saturated carbocycles. The molecule has 0 atom stereocenters. The van der Waals surface area contributed by atoms with Gasteiger partial charge in [0.05, 0.1) is 10.5 Å². The predicted octanol–water partition coefficient (Wildman–Crippen LogP) is 3.21. The summed E-state index contributed by atoms with van der Waals surface area (Å²) in [6.45, 7) is 8.10. The first kappa shape index (κ1) is 25.1. The molecule has 9 heteroatoms. The van der Waals surface area contributed by atoms with E-state index in [1.54, 1.807) is 10.4 Å². The molecular weight excluding hydrogens is 455 g/mol. The van der Waals surface area contributed by atoms with Crippen molar-refractivity contribution in [3.05, 3.63) is 29.6 Å². The van der Waals surface area contributed by atoms with Gasteiger partial charge in [0.1, 0.15) is 11.9 Å². The largest absolute Gasteiger partial charge is 0.340 e. The summed E-state index contributed by atoms with van der Waals surface area (Å²) in [5.74, 6) is -0.218. The number of hydrogen-bond donors (Lipinski definition) is 0. The Hall–Kier alpha value is -2.02. The molecule has 1 aliphatic heterocycles. The van der Waals surface area contributed by atoms with E-state index in [4.69, 9.17) is 5.26 Å². The molecular formula is C25H35FN4O3S. The van der Waals surface area contributed by atoms with Crippen molar-refractivity contribution < 1.29 is 17.6 Å². The Morgan fingerprint density at radius 1 is 1.12 bits per heavy atom. The molecule has 1 amide bonds. The third-order valence-corrected chi connectivity index (χ3v) is 9.52. The van der Waals surface area contributed by atoms with E-state index in [0.717, 1.165) is 51.2 Å². The van der Waals surface area contributed by atoms with Crippen LogP contribution in [0, 0.1) is 29.0 Å². The van der Waals surface area contributed by atoms with E-state index in [1.165, 1.54) is 6.07 Å². The van der Waals surface area contributed by atoms with Crippen LogP contribution in [0.15, 0.2) is 23.1 Å². The molecule has 0 radical (unpaired) electrons. The predicted molar refractivity (Wildman–Crippen MR) is 127 cm³/mol. The lowest BCUT2D eigenvalue weighted by atomic mass is 9.85. The lowest BCUT2D eigenvalue weighted by Gasteiger charge is -2.40. The van der Waals surface area contributed by atoms with Crippen molar-refractivity contribution in [2.24, 2.45) is 11.8 Å². The van der Waals surface area contributed by atoms with Crippen molar-refractivity contribution in [3.8, 4) is 6.07 Å². The van der Waals surface area contributed by atoms with Crippen molar-refractivity contribution in [2.45, 2.75) is 69.4 Å². The number of nitrogens with zero attached hydrogens (tertiary/aromatic N) is 4. The van der Waals surface area contributed by atoms with E-state index in [2.05, 4.69) is 18.7 Å². The molecule has 0 aromatic heterocycles. The highest BCUT2D eigenvalue weighted by Gasteiger charge is 2.40. The molecule has 1 aromatic rings. The number of sulfonamides is 1. The van der Waals surface area contributed by atoms with Crippen molar-refractivity contribution in [1.82, 2.24) is 14.1 Å². The van der Waals surface area contributed by atoms with Gasteiger partial charge in [-0.15, -0.1) is 0 Å². The second-order valence-corrected chi connectivity index (χ2v) is 12.1. The average molecular weight is 491 g/mol. The standard InChI is InChI=1S/C25H35FN4O3S/c1-18(2)28-11-13-29(14-12-28)25(31)20-5-7-22(8-6-20)30(17-19-3-4-19)34(32,33)23-9-10-24(26)21(15-23)16-27/h9-10,15,18-20,22H,3-8,11-14,17H2,1-2H3/t20-,22-. The monoisotopic (exact) mass is 490 g/mol. The first-order chi connectivity index (χ1) is 16.2. The van der Waals surface area contributed by atoms with Crippen LogP contribution in [0.3, 0.4) is 0 Å². The number of hydrogen-bond acceptors (Lipinski definition) is 5. The number of carbonyl (C=O) groups excluding carboxylic acids is 1. The van der Waals surface area contributed by atoms with Gasteiger partial charge in [0.15, 0.2) is 0 Å². The minimum absolute atomic E-state index is 0.0349. The zero-order valence-electron chi connectivity index (χ0n) is 20.1. The molecule has 2 aliphatic carbocycles. The summed E-state index contributed by atoms with van der Waals surface area (Å²) in [5, 5.41) is 9.14. The maximum absolute atomic E-state index is 13.8. The summed E-state index contributed by atoms with van der Waals surface area (Å²) in [7, 11) is -3.86. The van der Waals surface area contributed by atoms with Gasteiger partial charge in [0.25, 0.3) is 0 Å². The Morgan fingerprint density at radius 3 is 2.32 bits per heavy atom. The first-order valence-electron chi connectivity index (χ1n) is 12.4. The Bertz CT molecular complexity index is 1030. The lowest BCUT2D eigenvalue weighted by molar-refractivity contribution is -0.138. The average Bonchev–Trinajstić information content (AvgIpc) is 3.67. The van der Waals surface area contributed by atoms with Gasteiger partial charge in [0, 0.05) is 50.7 Å². The topological polar surface area (TPSA) is 84.7 Å². The second kappa shape index (κ2) is 10.3. The SMILES string of the molecule is CC(C)N1CCN(C(=O)[C@H]2CC[C@H](N(CC3CC3)S(=O)(=O)c3ccc(F)c(C#N)c3)CC2)CC1. The smallest absolute Gasteiger partial charge is 0.243 e. The summed E-state index contributed by atoms with van der Waals surface area (Å²) in [5.41, 5.74) is -0.265. The Balaban J connectivity index is 1.42. The molecule has 0 bridgehead atoms. The van der Waals surface area contributed by atoms with Gasteiger partial charge in [-0.1, -0.05) is 0 Å². The number of carbonyl (C=O) groups is 1. The third-order valence-electron chi connectivity index (χ3n) is 7.61. The summed E-state index contributed by atoms with van der Waals surface area (Å²) in [6.07, 6.45) is 4.65. The van der Waals surface area contributed by atoms with E-state index < -0.39 is 15.8 Å². The van der Waals surface area contributed by atoms with Crippen molar-refractivity contribution in [3.63, 3.8) is 0 Å². The molecule has 34 heavy (non-hydrogen) atoms. The van der Waals surface area contributed by atoms with Crippen LogP contribution in [0.5, 0.6) is 0 Å². The van der Waals surface area contributed by atoms with Gasteiger partial charge in [-0.3, -0.25) is 9.69 Å². The van der Waals surface area contributed by atoms with Gasteiger partial charge in [-0.05, 0) is 76.5 Å². The number of benzene rings is 1. The molecule has 3 fully saturated rings. The highest BCUT2D eigenvalue weighted by Crippen LogP contribution is 2.37. The summed E-state index contributed by atoms with van der Waals surface area (Å²) >= 11 is 0. The third kappa shape index (κ3) is 5.45. The van der Waals surface area contributed by atoms with Gasteiger partial charge in [-0.25, -0.2) is 12.8 Å². The van der Waals surface area contributed by atoms with Crippen LogP contribution < -0.4 is 0 Å². The molecule has 1 aromatic carbocycles. The maximum Gasteiger partial charge on any atom is 0.243 e. The lowest BCUT2D eigenvalue weighted by Crippen LogP contribution is -2.52. The van der Waals surface area contributed by atoms with Crippen LogP contribution in [0.4, 0.5) is 4.39 Å². The zero-order valence-corrected chi connectivity index (χ0v) is 20.9. The van der Waals surface area contributed by atoms with E-state index in [1.807, 2.05) is 4.90 Å². The fourth-order valence-corrected chi connectivity index (χ4v) is 7.00. The Kier molecular flexibility index (Phi) is 7.60. The number of piperazine rings is 1. The molecule has 7 nitrogen and oxygen atoms in total. The Morgan fingerprint density at radius 2 is 1.76 bits per heavy atom. The maximum atomic E-state index is 13.8. The molecule has 4 rings (SSSR count). The molecule has 0 spiro atoms. The summed E-state index contributed by atoms with van der Waals surface area (Å²) in [4.78, 5) is 17.4. The molecule has 186 valence electrons. The summed E-state index contributed by atoms with van der Waals surface area (Å²) in [6, 6.07) is 5.47. The highest BCUT2D eigenvalue weighted by atomic mass is 32.2. The van der Waals surface area contributed by atoms with Crippen LogP contribution >= 0.6 is 0 Å². The Labute approximate surface area is 202 Å². The van der Waals surface area contributed by atoms with Gasteiger partial charge >= 0.3 is 0 Å². The molecule has 1 heterocycles. The molecule has 1 saturated heterocycles. The van der Waals surface area contributed by atoms with E-state index >= 15 is 0 Å². The molecule has 3 aliphatic rings. The molecule has 0 N–H and O–H groups in total. The second-order valence-electron chi connectivity index (χ2n) is 10.2. The minimum atomic E-state index is -3.86. The van der Waals surface area contributed by atoms with Crippen molar-refractivity contribution in [1.29, 1.82) is 5.26 Å². The highest BCUT2D eigenvalue weighted by molar-refractivity contribution is 7.89. The van der Waals surface area contributed by atoms with E-state index in [-0.39, 0.29) is 28.3 Å². The zero-order chi connectivity index (χ0) is 24.5. The fourth-order valence-electron chi connectivity index (χ4n) is 5.21. The van der Waals surface area contributed by atoms with Crippen LogP contribution in [0.1, 0.15) is 57.9 Å². The van der Waals surface area contributed by atoms with Crippen LogP contribution in [0.2, 0.25) is 0 Å². The van der Waals surface area contributed by atoms with Crippen LogP contribution in [-0.4, -0.2) is 73.2 Å². The minimum Gasteiger partial charge on any atom is -0.340 e. The van der Waals surface area contributed by atoms with Gasteiger partial charge in [-0.2, -0.15) is 9.57 Å². The van der Waals surface area contributed by atoms with Crippen molar-refractivity contribution >= 4 is 15.9 Å². The number of rotatable bonds is 7. The first-order valence-corrected chi connectivity index (χ1v) is 13.9. The van der Waals surface area contributed by atoms with Gasteiger partial charge in [0.2, 0.25) is 15.9 Å². The number of halogens is 1. The quantitative estimate of drug-likeness (QED) is 0.586. The van der Waals surface area contributed by atoms with Crippen molar-refractivity contribution in [2.75, 3.05) is 32.7 Å². The van der Waals surface area contributed by atoms with E-state index in [9.17, 15) is 17.6 Å². The van der Waals surface area contributed by atoms with Crippen LogP contribution in [-0.2, 0) is 14.8 Å². The number of nitriles is 1. The van der Waals surface area contributed by atoms with E-state index in [0.29, 0.717) is 44.2 Å². The number of amides is 1. The van der Waals surface area contributed by atoms with Crippen LogP contribution in [0.25, 0.3) is 0 Å².